The normalized spacial score (nSPS) is 55.4. The van der Waals surface area contributed by atoms with Crippen LogP contribution in [0, 0.1) is 62.6 Å². The first kappa shape index (κ1) is 24.5. The molecule has 4 heteroatoms. The van der Waals surface area contributed by atoms with Crippen LogP contribution in [0.2, 0.25) is 0 Å². The van der Waals surface area contributed by atoms with Crippen LogP contribution in [0.25, 0.3) is 0 Å². The summed E-state index contributed by atoms with van der Waals surface area (Å²) < 4.78 is 0. The van der Waals surface area contributed by atoms with Crippen LogP contribution < -0.4 is 0 Å². The standard InChI is InChI=1S/C30H46O4/c1-17(2)18-10-13-30(25(33)34)15-14-27(5)19(23(18)30)8-9-22-28(27,6)12-11-21-26(3,4)24(32)20(16-31)29(21,22)7/h16,18-24,32H,1,8-15H2,2-7H3,(H,33,34)/t18-,19-,20+,21-,22-,23-,24-,27-,28-,29-,30+/m0/s1. The summed E-state index contributed by atoms with van der Waals surface area (Å²) in [6.45, 7) is 18.0. The number of aliphatic carboxylic acids is 1. The number of hydrogen-bond acceptors (Lipinski definition) is 3. The number of aldehydes is 1. The Morgan fingerprint density at radius 3 is 2.18 bits per heavy atom. The van der Waals surface area contributed by atoms with Crippen LogP contribution >= 0.6 is 0 Å². The van der Waals surface area contributed by atoms with Crippen molar-refractivity contribution in [3.63, 3.8) is 0 Å². The third-order valence-electron chi connectivity index (χ3n) is 13.5. The number of carboxylic acids is 1. The molecule has 0 aromatic carbocycles. The maximum Gasteiger partial charge on any atom is 0.309 e. The minimum atomic E-state index is -0.602. The SMILES string of the molecule is C=C(C)[C@@H]1CC[C@@]2(C(=O)O)CC[C@@]3(C)[C@@H](CC[C@@H]4[C@@]5(C)[C@H](C=O)[C@H](O)C(C)(C)[C@@H]5CC[C@@]43C)[C@H]12. The molecule has 5 aliphatic rings. The number of aliphatic hydroxyl groups excluding tert-OH is 1. The molecule has 5 saturated carbocycles. The fourth-order valence-corrected chi connectivity index (χ4v) is 11.7. The Balaban J connectivity index is 1.61. The van der Waals surface area contributed by atoms with E-state index in [-0.39, 0.29) is 33.5 Å². The van der Waals surface area contributed by atoms with Gasteiger partial charge in [0.15, 0.2) is 0 Å². The van der Waals surface area contributed by atoms with Gasteiger partial charge in [-0.15, -0.1) is 0 Å². The molecule has 0 unspecified atom stereocenters. The largest absolute Gasteiger partial charge is 0.481 e. The minimum Gasteiger partial charge on any atom is -0.481 e. The highest BCUT2D eigenvalue weighted by atomic mass is 16.4. The van der Waals surface area contributed by atoms with E-state index in [0.29, 0.717) is 23.7 Å². The van der Waals surface area contributed by atoms with E-state index in [9.17, 15) is 19.8 Å². The number of carboxylic acid groups (broad SMARTS) is 1. The molecule has 0 saturated heterocycles. The van der Waals surface area contributed by atoms with Gasteiger partial charge >= 0.3 is 5.97 Å². The predicted octanol–water partition coefficient (Wildman–Crippen LogP) is 6.12. The topological polar surface area (TPSA) is 74.6 Å². The van der Waals surface area contributed by atoms with E-state index in [0.717, 1.165) is 63.2 Å². The van der Waals surface area contributed by atoms with Crippen molar-refractivity contribution < 1.29 is 19.8 Å². The van der Waals surface area contributed by atoms with Crippen molar-refractivity contribution in [3.8, 4) is 0 Å². The highest BCUT2D eigenvalue weighted by Gasteiger charge is 2.74. The lowest BCUT2D eigenvalue weighted by molar-refractivity contribution is -0.225. The Kier molecular flexibility index (Phi) is 5.20. The van der Waals surface area contributed by atoms with Gasteiger partial charge in [-0.2, -0.15) is 0 Å². The van der Waals surface area contributed by atoms with Gasteiger partial charge in [-0.1, -0.05) is 46.8 Å². The van der Waals surface area contributed by atoms with Crippen molar-refractivity contribution >= 4 is 12.3 Å². The maximum atomic E-state index is 12.8. The van der Waals surface area contributed by atoms with Crippen molar-refractivity contribution in [2.75, 3.05) is 0 Å². The van der Waals surface area contributed by atoms with Gasteiger partial charge in [0.2, 0.25) is 0 Å². The zero-order valence-electron chi connectivity index (χ0n) is 22.2. The third kappa shape index (κ3) is 2.55. The number of fused-ring (bicyclic) bond motifs is 7. The molecule has 5 aliphatic carbocycles. The molecule has 0 heterocycles. The summed E-state index contributed by atoms with van der Waals surface area (Å²) in [4.78, 5) is 25.2. The third-order valence-corrected chi connectivity index (χ3v) is 13.5. The van der Waals surface area contributed by atoms with Crippen LogP contribution in [0.4, 0.5) is 0 Å². The first-order chi connectivity index (χ1) is 15.7. The fraction of sp³-hybridized carbons (Fsp3) is 0.867. The Bertz CT molecular complexity index is 923. The van der Waals surface area contributed by atoms with Gasteiger partial charge < -0.3 is 15.0 Å². The van der Waals surface area contributed by atoms with Gasteiger partial charge in [0.25, 0.3) is 0 Å². The number of allylic oxidation sites excluding steroid dienone is 1. The second-order valence-electron chi connectivity index (χ2n) is 14.4. The summed E-state index contributed by atoms with van der Waals surface area (Å²) in [6, 6.07) is 0. The first-order valence-corrected chi connectivity index (χ1v) is 13.8. The van der Waals surface area contributed by atoms with E-state index in [1.807, 2.05) is 0 Å². The summed E-state index contributed by atoms with van der Waals surface area (Å²) in [7, 11) is 0. The van der Waals surface area contributed by atoms with E-state index in [2.05, 4.69) is 48.1 Å². The number of aliphatic hydroxyl groups is 1. The molecular weight excluding hydrogens is 424 g/mol. The monoisotopic (exact) mass is 470 g/mol. The van der Waals surface area contributed by atoms with Crippen LogP contribution in [-0.4, -0.2) is 28.6 Å². The van der Waals surface area contributed by atoms with E-state index in [1.165, 1.54) is 0 Å². The van der Waals surface area contributed by atoms with Gasteiger partial charge in [-0.25, -0.2) is 0 Å². The summed E-state index contributed by atoms with van der Waals surface area (Å²) >= 11 is 0. The summed E-state index contributed by atoms with van der Waals surface area (Å²) in [6.07, 6.45) is 8.13. The zero-order chi connectivity index (χ0) is 25.1. The van der Waals surface area contributed by atoms with Gasteiger partial charge in [-0.3, -0.25) is 4.79 Å². The molecule has 34 heavy (non-hydrogen) atoms. The number of carbonyl (C=O) groups excluding carboxylic acids is 1. The molecule has 0 aromatic rings. The van der Waals surface area contributed by atoms with Crippen molar-refractivity contribution in [1.82, 2.24) is 0 Å². The highest BCUT2D eigenvalue weighted by molar-refractivity contribution is 5.76. The number of carbonyl (C=O) groups is 2. The van der Waals surface area contributed by atoms with Gasteiger partial charge in [-0.05, 0) is 110 Å². The second kappa shape index (κ2) is 7.20. The molecular formula is C30H46O4. The molecule has 5 rings (SSSR count). The first-order valence-electron chi connectivity index (χ1n) is 13.8. The Morgan fingerprint density at radius 1 is 0.912 bits per heavy atom. The van der Waals surface area contributed by atoms with Crippen molar-refractivity contribution in [3.05, 3.63) is 12.2 Å². The smallest absolute Gasteiger partial charge is 0.309 e. The van der Waals surface area contributed by atoms with E-state index in [1.54, 1.807) is 0 Å². The molecule has 0 amide bonds. The van der Waals surface area contributed by atoms with Crippen LogP contribution in [0.1, 0.15) is 92.9 Å². The lowest BCUT2D eigenvalue weighted by atomic mass is 9.34. The van der Waals surface area contributed by atoms with E-state index >= 15 is 0 Å². The van der Waals surface area contributed by atoms with E-state index in [4.69, 9.17) is 0 Å². The van der Waals surface area contributed by atoms with Crippen LogP contribution in [-0.2, 0) is 9.59 Å². The molecule has 2 N–H and O–H groups in total. The molecule has 190 valence electrons. The second-order valence-corrected chi connectivity index (χ2v) is 14.4. The average Bonchev–Trinajstić information content (AvgIpc) is 3.22. The maximum absolute atomic E-state index is 12.8. The Morgan fingerprint density at radius 2 is 1.59 bits per heavy atom. The lowest BCUT2D eigenvalue weighted by Gasteiger charge is -2.70. The van der Waals surface area contributed by atoms with Crippen molar-refractivity contribution in [2.24, 2.45) is 62.6 Å². The predicted molar refractivity (Wildman–Crippen MR) is 133 cm³/mol. The average molecular weight is 471 g/mol. The highest BCUT2D eigenvalue weighted by Crippen LogP contribution is 2.78. The summed E-state index contributed by atoms with van der Waals surface area (Å²) in [5.74, 6) is 0.617. The number of hydrogen-bond donors (Lipinski definition) is 2. The molecule has 0 aliphatic heterocycles. The summed E-state index contributed by atoms with van der Waals surface area (Å²) in [5.41, 5.74) is 0.153. The zero-order valence-corrected chi connectivity index (χ0v) is 22.2. The molecule has 0 bridgehead atoms. The molecule has 4 nitrogen and oxygen atoms in total. The van der Waals surface area contributed by atoms with Crippen molar-refractivity contribution in [2.45, 2.75) is 99.0 Å². The number of rotatable bonds is 3. The van der Waals surface area contributed by atoms with Crippen LogP contribution in [0.15, 0.2) is 12.2 Å². The molecule has 0 spiro atoms. The van der Waals surface area contributed by atoms with Crippen LogP contribution in [0.3, 0.4) is 0 Å². The van der Waals surface area contributed by atoms with E-state index < -0.39 is 17.5 Å². The van der Waals surface area contributed by atoms with Gasteiger partial charge in [0.05, 0.1) is 11.5 Å². The minimum absolute atomic E-state index is 0.0371. The van der Waals surface area contributed by atoms with Crippen molar-refractivity contribution in [1.29, 1.82) is 0 Å². The molecule has 5 fully saturated rings. The Labute approximate surface area is 206 Å². The molecule has 0 aromatic heterocycles. The molecule has 0 radical (unpaired) electrons. The lowest BCUT2D eigenvalue weighted by Crippen LogP contribution is -2.65. The van der Waals surface area contributed by atoms with Gasteiger partial charge in [0.1, 0.15) is 6.29 Å². The fourth-order valence-electron chi connectivity index (χ4n) is 11.7. The van der Waals surface area contributed by atoms with Gasteiger partial charge in [0, 0.05) is 5.92 Å². The van der Waals surface area contributed by atoms with Crippen LogP contribution in [0.5, 0.6) is 0 Å². The summed E-state index contributed by atoms with van der Waals surface area (Å²) in [5, 5.41) is 21.8. The molecule has 11 atom stereocenters. The Hall–Kier alpha value is -1.16. The quantitative estimate of drug-likeness (QED) is 0.385.